The molecule has 0 bridgehead atoms. The van der Waals surface area contributed by atoms with Gasteiger partial charge in [-0.3, -0.25) is 14.5 Å². The number of carbonyl (C=O) groups excluding carboxylic acids is 2. The van der Waals surface area contributed by atoms with Gasteiger partial charge in [0.1, 0.15) is 13.2 Å². The van der Waals surface area contributed by atoms with Crippen LogP contribution in [-0.4, -0.2) is 76.4 Å². The molecular formula is C26H32N4O5. The lowest BCUT2D eigenvalue weighted by Crippen LogP contribution is -2.45. The number of rotatable bonds is 5. The number of hydrogen-bond acceptors (Lipinski definition) is 7. The lowest BCUT2D eigenvalue weighted by Gasteiger charge is -2.36. The molecule has 35 heavy (non-hydrogen) atoms. The highest BCUT2D eigenvalue weighted by Crippen LogP contribution is 2.33. The summed E-state index contributed by atoms with van der Waals surface area (Å²) in [4.78, 5) is 29.9. The Morgan fingerprint density at radius 3 is 2.57 bits per heavy atom. The van der Waals surface area contributed by atoms with E-state index in [1.807, 2.05) is 0 Å². The lowest BCUT2D eigenvalue weighted by atomic mass is 9.95. The van der Waals surface area contributed by atoms with Gasteiger partial charge in [0, 0.05) is 50.7 Å². The van der Waals surface area contributed by atoms with E-state index in [9.17, 15) is 9.59 Å². The second-order valence-corrected chi connectivity index (χ2v) is 9.10. The van der Waals surface area contributed by atoms with Crippen LogP contribution in [0.2, 0.25) is 0 Å². The van der Waals surface area contributed by atoms with Gasteiger partial charge in [-0.1, -0.05) is 12.1 Å². The number of benzene rings is 2. The number of anilines is 2. The number of morpholine rings is 1. The summed E-state index contributed by atoms with van der Waals surface area (Å²) in [6.07, 6.45) is 2.18. The molecule has 9 heteroatoms. The number of aryl methyl sites for hydroxylation is 1. The van der Waals surface area contributed by atoms with Gasteiger partial charge < -0.3 is 29.7 Å². The zero-order valence-corrected chi connectivity index (χ0v) is 20.0. The minimum absolute atomic E-state index is 0.0394. The third kappa shape index (κ3) is 5.36. The molecule has 1 fully saturated rings. The molecule has 2 aromatic carbocycles. The number of fused-ring (bicyclic) bond motifs is 2. The summed E-state index contributed by atoms with van der Waals surface area (Å²) in [6.45, 7) is 5.21. The van der Waals surface area contributed by atoms with Crippen LogP contribution in [-0.2, 0) is 20.7 Å². The Morgan fingerprint density at radius 2 is 1.74 bits per heavy atom. The molecule has 1 saturated heterocycles. The largest absolute Gasteiger partial charge is 0.486 e. The molecule has 2 amide bonds. The van der Waals surface area contributed by atoms with E-state index >= 15 is 0 Å². The van der Waals surface area contributed by atoms with E-state index in [-0.39, 0.29) is 6.04 Å². The summed E-state index contributed by atoms with van der Waals surface area (Å²) in [6, 6.07) is 11.6. The van der Waals surface area contributed by atoms with Crippen LogP contribution in [0.25, 0.3) is 0 Å². The molecule has 5 rings (SSSR count). The predicted molar refractivity (Wildman–Crippen MR) is 132 cm³/mol. The first-order valence-electron chi connectivity index (χ1n) is 12.2. The van der Waals surface area contributed by atoms with E-state index < -0.39 is 11.8 Å². The predicted octanol–water partition coefficient (Wildman–Crippen LogP) is 1.97. The zero-order chi connectivity index (χ0) is 24.2. The molecule has 3 aliphatic heterocycles. The molecule has 0 spiro atoms. The van der Waals surface area contributed by atoms with Crippen molar-refractivity contribution in [3.05, 3.63) is 47.5 Å². The Kier molecular flexibility index (Phi) is 7.06. The number of nitrogens with zero attached hydrogens (tertiary/aromatic N) is 2. The maximum absolute atomic E-state index is 12.7. The topological polar surface area (TPSA) is 92.4 Å². The maximum Gasteiger partial charge on any atom is 0.313 e. The third-order valence-electron chi connectivity index (χ3n) is 6.79. The fraction of sp³-hybridized carbons (Fsp3) is 0.462. The van der Waals surface area contributed by atoms with Crippen LogP contribution in [0.4, 0.5) is 11.4 Å². The monoisotopic (exact) mass is 480 g/mol. The van der Waals surface area contributed by atoms with Crippen LogP contribution in [0, 0.1) is 0 Å². The second-order valence-electron chi connectivity index (χ2n) is 9.10. The van der Waals surface area contributed by atoms with Gasteiger partial charge in [0.25, 0.3) is 0 Å². The van der Waals surface area contributed by atoms with E-state index in [0.29, 0.717) is 50.2 Å². The maximum atomic E-state index is 12.7. The van der Waals surface area contributed by atoms with Gasteiger partial charge in [-0.15, -0.1) is 0 Å². The van der Waals surface area contributed by atoms with Crippen LogP contribution >= 0.6 is 0 Å². The first kappa shape index (κ1) is 23.4. The van der Waals surface area contributed by atoms with Gasteiger partial charge >= 0.3 is 11.8 Å². The van der Waals surface area contributed by atoms with Gasteiger partial charge in [-0.05, 0) is 42.2 Å². The Bertz CT molecular complexity index is 1090. The molecular weight excluding hydrogens is 448 g/mol. The Morgan fingerprint density at radius 1 is 0.943 bits per heavy atom. The van der Waals surface area contributed by atoms with Gasteiger partial charge in [0.05, 0.1) is 19.3 Å². The quantitative estimate of drug-likeness (QED) is 0.632. The summed E-state index contributed by atoms with van der Waals surface area (Å²) in [7, 11) is 2.12. The normalized spacial score (nSPS) is 18.4. The van der Waals surface area contributed by atoms with Crippen LogP contribution in [0.3, 0.4) is 0 Å². The first-order chi connectivity index (χ1) is 17.1. The molecule has 0 aromatic heterocycles. The molecule has 3 heterocycles. The highest BCUT2D eigenvalue weighted by molar-refractivity contribution is 6.39. The minimum atomic E-state index is -0.713. The summed E-state index contributed by atoms with van der Waals surface area (Å²) >= 11 is 0. The summed E-state index contributed by atoms with van der Waals surface area (Å²) in [5.41, 5.74) is 4.23. The molecule has 2 N–H and O–H groups in total. The van der Waals surface area contributed by atoms with Crippen molar-refractivity contribution in [2.45, 2.75) is 18.9 Å². The van der Waals surface area contributed by atoms with Crippen molar-refractivity contribution in [2.75, 3.05) is 69.9 Å². The molecule has 1 atom stereocenters. The molecule has 9 nitrogen and oxygen atoms in total. The van der Waals surface area contributed by atoms with Crippen molar-refractivity contribution in [2.24, 2.45) is 0 Å². The van der Waals surface area contributed by atoms with E-state index in [1.54, 1.807) is 18.2 Å². The molecule has 3 aliphatic rings. The van der Waals surface area contributed by atoms with E-state index in [1.165, 1.54) is 11.3 Å². The summed E-state index contributed by atoms with van der Waals surface area (Å²) in [5.74, 6) is -0.200. The molecule has 0 aliphatic carbocycles. The van der Waals surface area contributed by atoms with Crippen molar-refractivity contribution in [3.63, 3.8) is 0 Å². The third-order valence-corrected chi connectivity index (χ3v) is 6.79. The van der Waals surface area contributed by atoms with Crippen molar-refractivity contribution in [3.8, 4) is 11.5 Å². The van der Waals surface area contributed by atoms with E-state index in [0.717, 1.165) is 38.0 Å². The summed E-state index contributed by atoms with van der Waals surface area (Å²) in [5, 5.41) is 5.50. The Labute approximate surface area is 205 Å². The van der Waals surface area contributed by atoms with Crippen molar-refractivity contribution in [1.29, 1.82) is 0 Å². The van der Waals surface area contributed by atoms with Crippen molar-refractivity contribution < 1.29 is 23.8 Å². The Hall–Kier alpha value is -3.30. The lowest BCUT2D eigenvalue weighted by molar-refractivity contribution is -0.136. The first-order valence-corrected chi connectivity index (χ1v) is 12.2. The van der Waals surface area contributed by atoms with Crippen molar-refractivity contribution in [1.82, 2.24) is 10.2 Å². The molecule has 0 unspecified atom stereocenters. The second kappa shape index (κ2) is 10.5. The zero-order valence-electron chi connectivity index (χ0n) is 20.0. The molecule has 186 valence electrons. The standard InChI is InChI=1S/C26H32N4O5/c1-29-8-2-3-18-15-19(4-6-21(18)29)22(30-9-11-33-12-10-30)17-27-25(31)26(32)28-20-5-7-23-24(16-20)35-14-13-34-23/h4-7,15-16,22H,2-3,8-14,17H2,1H3,(H,27,31)(H,28,32)/t22-/m1/s1. The fourth-order valence-electron chi connectivity index (χ4n) is 4.94. The van der Waals surface area contributed by atoms with Gasteiger partial charge in [-0.25, -0.2) is 0 Å². The number of amides is 2. The molecule has 0 radical (unpaired) electrons. The average molecular weight is 481 g/mol. The molecule has 0 saturated carbocycles. The smallest absolute Gasteiger partial charge is 0.313 e. The Balaban J connectivity index is 1.26. The highest BCUT2D eigenvalue weighted by Gasteiger charge is 2.26. The average Bonchev–Trinajstić information content (AvgIpc) is 2.89. The van der Waals surface area contributed by atoms with Gasteiger partial charge in [0.15, 0.2) is 11.5 Å². The van der Waals surface area contributed by atoms with Crippen molar-refractivity contribution >= 4 is 23.2 Å². The van der Waals surface area contributed by atoms with Gasteiger partial charge in [0.2, 0.25) is 0 Å². The van der Waals surface area contributed by atoms with E-state index in [2.05, 4.69) is 45.7 Å². The fourth-order valence-corrected chi connectivity index (χ4v) is 4.94. The van der Waals surface area contributed by atoms with E-state index in [4.69, 9.17) is 14.2 Å². The highest BCUT2D eigenvalue weighted by atomic mass is 16.6. The number of nitrogens with one attached hydrogen (secondary N) is 2. The SMILES string of the molecule is CN1CCCc2cc([C@@H](CNC(=O)C(=O)Nc3ccc4c(c3)OCCO4)N3CCOCC3)ccc21. The number of carbonyl (C=O) groups is 2. The van der Waals surface area contributed by atoms with Crippen LogP contribution in [0.1, 0.15) is 23.6 Å². The minimum Gasteiger partial charge on any atom is -0.486 e. The van der Waals surface area contributed by atoms with Crippen LogP contribution < -0.4 is 25.0 Å². The van der Waals surface area contributed by atoms with Crippen LogP contribution in [0.15, 0.2) is 36.4 Å². The molecule has 2 aromatic rings. The number of hydrogen-bond donors (Lipinski definition) is 2. The van der Waals surface area contributed by atoms with Gasteiger partial charge in [-0.2, -0.15) is 0 Å². The summed E-state index contributed by atoms with van der Waals surface area (Å²) < 4.78 is 16.6. The van der Waals surface area contributed by atoms with Crippen LogP contribution in [0.5, 0.6) is 11.5 Å². The number of ether oxygens (including phenoxy) is 3.